The van der Waals surface area contributed by atoms with Crippen LogP contribution in [0.4, 0.5) is 4.79 Å². The molecule has 0 saturated heterocycles. The van der Waals surface area contributed by atoms with Gasteiger partial charge in [-0.25, -0.2) is 4.79 Å². The fourth-order valence-electron chi connectivity index (χ4n) is 1.92. The highest BCUT2D eigenvalue weighted by Gasteiger charge is 2.23. The van der Waals surface area contributed by atoms with Crippen LogP contribution in [-0.4, -0.2) is 30.5 Å². The number of primary amides is 1. The molecule has 24 heavy (non-hydrogen) atoms. The summed E-state index contributed by atoms with van der Waals surface area (Å²) in [5, 5.41) is 5.06. The molecule has 1 aromatic rings. The number of carbonyl (C=O) groups excluding carboxylic acids is 3. The third-order valence-electron chi connectivity index (χ3n) is 3.25. The number of amides is 3. The van der Waals surface area contributed by atoms with Crippen LogP contribution in [0.5, 0.6) is 0 Å². The summed E-state index contributed by atoms with van der Waals surface area (Å²) in [5.41, 5.74) is 5.96. The van der Waals surface area contributed by atoms with Crippen LogP contribution in [0.15, 0.2) is 30.3 Å². The molecule has 0 aromatic heterocycles. The molecule has 0 radical (unpaired) electrons. The Labute approximate surface area is 141 Å². The first-order valence-electron chi connectivity index (χ1n) is 7.91. The van der Waals surface area contributed by atoms with E-state index in [1.165, 1.54) is 0 Å². The number of ether oxygens (including phenoxy) is 1. The molecule has 0 saturated carbocycles. The zero-order chi connectivity index (χ0) is 17.9. The molecule has 1 rings (SSSR count). The fraction of sp³-hybridized carbons (Fsp3) is 0.471. The Morgan fingerprint density at radius 1 is 1.17 bits per heavy atom. The Morgan fingerprint density at radius 2 is 1.83 bits per heavy atom. The lowest BCUT2D eigenvalue weighted by molar-refractivity contribution is -0.127. The van der Waals surface area contributed by atoms with E-state index in [4.69, 9.17) is 10.5 Å². The van der Waals surface area contributed by atoms with Crippen molar-refractivity contribution in [1.29, 1.82) is 0 Å². The van der Waals surface area contributed by atoms with Crippen molar-refractivity contribution in [3.63, 3.8) is 0 Å². The molecule has 0 heterocycles. The van der Waals surface area contributed by atoms with Gasteiger partial charge in [0, 0.05) is 6.54 Å². The molecule has 0 aliphatic rings. The number of nitrogens with two attached hydrogens (primary N) is 1. The lowest BCUT2D eigenvalue weighted by Gasteiger charge is -2.17. The van der Waals surface area contributed by atoms with E-state index in [9.17, 15) is 14.4 Å². The summed E-state index contributed by atoms with van der Waals surface area (Å²) in [7, 11) is 0. The van der Waals surface area contributed by atoms with Crippen molar-refractivity contribution >= 4 is 17.9 Å². The summed E-state index contributed by atoms with van der Waals surface area (Å²) in [6, 6.07) is 8.09. The first-order valence-corrected chi connectivity index (χ1v) is 7.91. The predicted octanol–water partition coefficient (Wildman–Crippen LogP) is 1.32. The number of benzene rings is 1. The highest BCUT2D eigenvalue weighted by Crippen LogP contribution is 2.02. The molecule has 0 bridgehead atoms. The molecule has 0 aliphatic carbocycles. The third kappa shape index (κ3) is 8.17. The zero-order valence-electron chi connectivity index (χ0n) is 14.1. The molecule has 132 valence electrons. The second-order valence-corrected chi connectivity index (χ2v) is 5.90. The van der Waals surface area contributed by atoms with Crippen LogP contribution in [0.3, 0.4) is 0 Å². The number of carbonyl (C=O) groups is 3. The Hall–Kier alpha value is -2.57. The third-order valence-corrected chi connectivity index (χ3v) is 3.25. The van der Waals surface area contributed by atoms with Gasteiger partial charge < -0.3 is 21.1 Å². The average molecular weight is 335 g/mol. The van der Waals surface area contributed by atoms with Crippen molar-refractivity contribution in [1.82, 2.24) is 10.6 Å². The summed E-state index contributed by atoms with van der Waals surface area (Å²) >= 11 is 0. The van der Waals surface area contributed by atoms with E-state index in [1.54, 1.807) is 0 Å². The minimum Gasteiger partial charge on any atom is -0.445 e. The van der Waals surface area contributed by atoms with E-state index in [1.807, 2.05) is 44.2 Å². The molecule has 3 amide bonds. The summed E-state index contributed by atoms with van der Waals surface area (Å²) in [6.07, 6.45) is -0.259. The van der Waals surface area contributed by atoms with E-state index in [0.717, 1.165) is 12.0 Å². The van der Waals surface area contributed by atoms with Crippen LogP contribution < -0.4 is 16.4 Å². The zero-order valence-corrected chi connectivity index (χ0v) is 14.1. The van der Waals surface area contributed by atoms with E-state index < -0.39 is 23.9 Å². The van der Waals surface area contributed by atoms with E-state index >= 15 is 0 Å². The average Bonchev–Trinajstić information content (AvgIpc) is 2.52. The highest BCUT2D eigenvalue weighted by atomic mass is 16.5. The quantitative estimate of drug-likeness (QED) is 0.632. The van der Waals surface area contributed by atoms with Gasteiger partial charge in [-0.3, -0.25) is 9.59 Å². The van der Waals surface area contributed by atoms with Crippen LogP contribution in [0.2, 0.25) is 0 Å². The molecule has 0 fully saturated rings. The lowest BCUT2D eigenvalue weighted by Crippen LogP contribution is -2.49. The summed E-state index contributed by atoms with van der Waals surface area (Å²) in [5.74, 6) is -0.697. The van der Waals surface area contributed by atoms with Gasteiger partial charge in [-0.05, 0) is 17.9 Å². The summed E-state index contributed by atoms with van der Waals surface area (Å²) < 4.78 is 5.05. The van der Waals surface area contributed by atoms with Crippen LogP contribution in [0, 0.1) is 5.92 Å². The number of nitrogens with one attached hydrogen (secondary N) is 2. The van der Waals surface area contributed by atoms with E-state index in [-0.39, 0.29) is 13.0 Å². The maximum absolute atomic E-state index is 12.1. The van der Waals surface area contributed by atoms with Crippen molar-refractivity contribution in [2.75, 3.05) is 6.54 Å². The van der Waals surface area contributed by atoms with Crippen molar-refractivity contribution < 1.29 is 19.1 Å². The molecule has 1 atom stereocenters. The monoisotopic (exact) mass is 335 g/mol. The van der Waals surface area contributed by atoms with Crippen LogP contribution in [0.1, 0.15) is 32.3 Å². The molecule has 7 nitrogen and oxygen atoms in total. The van der Waals surface area contributed by atoms with E-state index in [2.05, 4.69) is 10.6 Å². The molecule has 4 N–H and O–H groups in total. The number of hydrogen-bond acceptors (Lipinski definition) is 4. The molecule has 1 unspecified atom stereocenters. The minimum atomic E-state index is -1.04. The number of alkyl carbamates (subject to hydrolysis) is 1. The molecule has 0 spiro atoms. The van der Waals surface area contributed by atoms with E-state index in [0.29, 0.717) is 12.5 Å². The Balaban J connectivity index is 2.49. The standard InChI is InChI=1S/C17H25N3O4/c1-12(2)8-9-19-16(22)14(10-15(18)21)20-17(23)24-11-13-6-4-3-5-7-13/h3-7,12,14H,8-11H2,1-2H3,(H2,18,21)(H,19,22)(H,20,23). The first-order chi connectivity index (χ1) is 11.4. The van der Waals surface area contributed by atoms with Gasteiger partial charge in [0.2, 0.25) is 11.8 Å². The number of hydrogen-bond donors (Lipinski definition) is 3. The molecular weight excluding hydrogens is 310 g/mol. The maximum atomic E-state index is 12.1. The van der Waals surface area contributed by atoms with Crippen molar-refractivity contribution in [3.05, 3.63) is 35.9 Å². The lowest BCUT2D eigenvalue weighted by atomic mass is 10.1. The second kappa shape index (κ2) is 10.3. The Bertz CT molecular complexity index is 546. The summed E-state index contributed by atoms with van der Waals surface area (Å²) in [4.78, 5) is 35.0. The smallest absolute Gasteiger partial charge is 0.408 e. The van der Waals surface area contributed by atoms with Crippen molar-refractivity contribution in [2.24, 2.45) is 11.7 Å². The maximum Gasteiger partial charge on any atom is 0.408 e. The van der Waals surface area contributed by atoms with Gasteiger partial charge in [0.1, 0.15) is 12.6 Å². The van der Waals surface area contributed by atoms with Gasteiger partial charge in [0.25, 0.3) is 0 Å². The largest absolute Gasteiger partial charge is 0.445 e. The van der Waals surface area contributed by atoms with Crippen LogP contribution >= 0.6 is 0 Å². The normalized spacial score (nSPS) is 11.6. The van der Waals surface area contributed by atoms with Gasteiger partial charge in [-0.1, -0.05) is 44.2 Å². The topological polar surface area (TPSA) is 111 Å². The molecule has 7 heteroatoms. The van der Waals surface area contributed by atoms with Gasteiger partial charge in [-0.15, -0.1) is 0 Å². The first kappa shape index (κ1) is 19.5. The fourth-order valence-corrected chi connectivity index (χ4v) is 1.92. The van der Waals surface area contributed by atoms with Crippen LogP contribution in [-0.2, 0) is 20.9 Å². The van der Waals surface area contributed by atoms with Gasteiger partial charge in [0.15, 0.2) is 0 Å². The van der Waals surface area contributed by atoms with Crippen molar-refractivity contribution in [3.8, 4) is 0 Å². The number of rotatable bonds is 9. The second-order valence-electron chi connectivity index (χ2n) is 5.90. The van der Waals surface area contributed by atoms with Gasteiger partial charge in [-0.2, -0.15) is 0 Å². The van der Waals surface area contributed by atoms with Gasteiger partial charge >= 0.3 is 6.09 Å². The van der Waals surface area contributed by atoms with Crippen LogP contribution in [0.25, 0.3) is 0 Å². The molecule has 1 aromatic carbocycles. The molecular formula is C17H25N3O4. The predicted molar refractivity (Wildman–Crippen MR) is 89.8 cm³/mol. The van der Waals surface area contributed by atoms with Gasteiger partial charge in [0.05, 0.1) is 6.42 Å². The highest BCUT2D eigenvalue weighted by molar-refractivity contribution is 5.90. The SMILES string of the molecule is CC(C)CCNC(=O)C(CC(N)=O)NC(=O)OCc1ccccc1. The molecule has 0 aliphatic heterocycles. The summed E-state index contributed by atoms with van der Waals surface area (Å²) in [6.45, 7) is 4.61. The Morgan fingerprint density at radius 3 is 2.42 bits per heavy atom. The Kier molecular flexibility index (Phi) is 8.32. The van der Waals surface area contributed by atoms with Crippen molar-refractivity contribution in [2.45, 2.75) is 39.3 Å². The minimum absolute atomic E-state index is 0.0743.